The molecule has 0 fully saturated rings. The summed E-state index contributed by atoms with van der Waals surface area (Å²) in [4.78, 5) is 14.6. The summed E-state index contributed by atoms with van der Waals surface area (Å²) in [5.74, 6) is 1.32. The van der Waals surface area contributed by atoms with E-state index in [0.717, 1.165) is 23.4 Å². The van der Waals surface area contributed by atoms with Crippen molar-refractivity contribution in [2.24, 2.45) is 0 Å². The lowest BCUT2D eigenvalue weighted by atomic mass is 10.1. The molecule has 1 aliphatic heterocycles. The van der Waals surface area contributed by atoms with Crippen LogP contribution in [0.4, 0.5) is 11.4 Å². The summed E-state index contributed by atoms with van der Waals surface area (Å²) in [6.45, 7) is 4.50. The lowest BCUT2D eigenvalue weighted by Gasteiger charge is -2.15. The minimum Gasteiger partial charge on any atom is -0.492 e. The van der Waals surface area contributed by atoms with Gasteiger partial charge in [-0.25, -0.2) is 0 Å². The topological polar surface area (TPSA) is 50.8 Å². The van der Waals surface area contributed by atoms with E-state index in [1.807, 2.05) is 69.2 Å². The third-order valence-electron chi connectivity index (χ3n) is 4.19. The highest BCUT2D eigenvalue weighted by Gasteiger charge is 2.22. The molecule has 1 heterocycles. The predicted octanol–water partition coefficient (Wildman–Crippen LogP) is 3.73. The first-order chi connectivity index (χ1) is 12.0. The Kier molecular flexibility index (Phi) is 4.83. The van der Waals surface area contributed by atoms with Crippen molar-refractivity contribution >= 4 is 17.3 Å². The molecular weight excluding hydrogens is 316 g/mol. The second kappa shape index (κ2) is 7.05. The molecule has 0 radical (unpaired) electrons. The van der Waals surface area contributed by atoms with Crippen LogP contribution in [0.1, 0.15) is 29.8 Å². The van der Waals surface area contributed by atoms with E-state index in [2.05, 4.69) is 5.32 Å². The molecule has 0 spiro atoms. The molecule has 25 heavy (non-hydrogen) atoms. The van der Waals surface area contributed by atoms with Crippen molar-refractivity contribution in [1.82, 2.24) is 0 Å². The number of carbonyl (C=O) groups is 1. The smallest absolute Gasteiger partial charge is 0.255 e. The van der Waals surface area contributed by atoms with Gasteiger partial charge in [0.05, 0.1) is 12.3 Å². The monoisotopic (exact) mass is 340 g/mol. The Balaban J connectivity index is 1.84. The molecule has 5 heteroatoms. The molecule has 0 saturated heterocycles. The van der Waals surface area contributed by atoms with Crippen LogP contribution in [0.15, 0.2) is 36.4 Å². The molecule has 0 bridgehead atoms. The van der Waals surface area contributed by atoms with Crippen LogP contribution in [-0.4, -0.2) is 32.7 Å². The summed E-state index contributed by atoms with van der Waals surface area (Å²) in [6, 6.07) is 11.3. The zero-order valence-corrected chi connectivity index (χ0v) is 15.1. The van der Waals surface area contributed by atoms with Crippen LogP contribution in [0.25, 0.3) is 0 Å². The number of anilines is 2. The molecule has 2 aromatic rings. The number of rotatable bonds is 5. The van der Waals surface area contributed by atoms with Crippen molar-refractivity contribution in [3.05, 3.63) is 47.5 Å². The third kappa shape index (κ3) is 3.71. The molecule has 1 N–H and O–H groups in total. The van der Waals surface area contributed by atoms with Crippen LogP contribution in [0.2, 0.25) is 0 Å². The van der Waals surface area contributed by atoms with Crippen molar-refractivity contribution in [3.63, 3.8) is 0 Å². The van der Waals surface area contributed by atoms with E-state index in [1.54, 1.807) is 0 Å². The van der Waals surface area contributed by atoms with Gasteiger partial charge in [0, 0.05) is 43.4 Å². The molecule has 1 amide bonds. The number of benzene rings is 2. The number of fused-ring (bicyclic) bond motifs is 1. The van der Waals surface area contributed by atoms with Gasteiger partial charge in [0.1, 0.15) is 17.6 Å². The maximum atomic E-state index is 12.6. The Morgan fingerprint density at radius 3 is 2.64 bits per heavy atom. The van der Waals surface area contributed by atoms with Crippen molar-refractivity contribution in [3.8, 4) is 11.5 Å². The van der Waals surface area contributed by atoms with Gasteiger partial charge < -0.3 is 19.7 Å². The van der Waals surface area contributed by atoms with Crippen molar-refractivity contribution in [2.45, 2.75) is 26.4 Å². The second-order valence-corrected chi connectivity index (χ2v) is 6.42. The minimum absolute atomic E-state index is 0.147. The highest BCUT2D eigenvalue weighted by atomic mass is 16.5. The van der Waals surface area contributed by atoms with E-state index in [4.69, 9.17) is 9.47 Å². The van der Waals surface area contributed by atoms with Crippen LogP contribution >= 0.6 is 0 Å². The first kappa shape index (κ1) is 17.1. The lowest BCUT2D eigenvalue weighted by Crippen LogP contribution is -2.14. The van der Waals surface area contributed by atoms with Crippen LogP contribution in [0, 0.1) is 0 Å². The van der Waals surface area contributed by atoms with Gasteiger partial charge >= 0.3 is 0 Å². The fourth-order valence-electron chi connectivity index (χ4n) is 2.92. The molecule has 0 aliphatic carbocycles. The third-order valence-corrected chi connectivity index (χ3v) is 4.19. The molecule has 0 aromatic heterocycles. The van der Waals surface area contributed by atoms with Crippen LogP contribution < -0.4 is 19.7 Å². The predicted molar refractivity (Wildman–Crippen MR) is 100 cm³/mol. The Bertz CT molecular complexity index is 769. The molecule has 2 aromatic carbocycles. The van der Waals surface area contributed by atoms with E-state index < -0.39 is 0 Å². The molecule has 3 rings (SSSR count). The maximum Gasteiger partial charge on any atom is 0.255 e. The number of hydrogen-bond donors (Lipinski definition) is 1. The Morgan fingerprint density at radius 1 is 1.28 bits per heavy atom. The van der Waals surface area contributed by atoms with E-state index in [1.165, 1.54) is 0 Å². The van der Waals surface area contributed by atoms with Gasteiger partial charge in [-0.1, -0.05) is 0 Å². The normalized spacial score (nSPS) is 15.3. The number of nitrogens with zero attached hydrogens (tertiary/aromatic N) is 1. The quantitative estimate of drug-likeness (QED) is 0.901. The summed E-state index contributed by atoms with van der Waals surface area (Å²) in [5.41, 5.74) is 3.40. The standard InChI is InChI=1S/C20H24N2O3/c1-5-24-19-11-15-10-13(2)25-18(15)12-17(19)21-20(23)14-6-8-16(9-7-14)22(3)4/h6-9,11-13H,5,10H2,1-4H3,(H,21,23)/t13-/m1/s1. The van der Waals surface area contributed by atoms with E-state index in [0.29, 0.717) is 23.6 Å². The first-order valence-corrected chi connectivity index (χ1v) is 8.53. The number of amides is 1. The maximum absolute atomic E-state index is 12.6. The molecular formula is C20H24N2O3. The Morgan fingerprint density at radius 2 is 2.00 bits per heavy atom. The number of nitrogens with one attached hydrogen (secondary N) is 1. The van der Waals surface area contributed by atoms with Crippen LogP contribution in [0.3, 0.4) is 0 Å². The van der Waals surface area contributed by atoms with Gasteiger partial charge in [-0.2, -0.15) is 0 Å². The number of ether oxygens (including phenoxy) is 2. The van der Waals surface area contributed by atoms with Gasteiger partial charge in [0.15, 0.2) is 0 Å². The molecule has 132 valence electrons. The van der Waals surface area contributed by atoms with E-state index in [9.17, 15) is 4.79 Å². The highest BCUT2D eigenvalue weighted by Crippen LogP contribution is 2.38. The molecule has 1 aliphatic rings. The van der Waals surface area contributed by atoms with Gasteiger partial charge in [-0.3, -0.25) is 4.79 Å². The Hall–Kier alpha value is -2.69. The van der Waals surface area contributed by atoms with Gasteiger partial charge in [0.25, 0.3) is 5.91 Å². The van der Waals surface area contributed by atoms with Crippen LogP contribution in [-0.2, 0) is 6.42 Å². The van der Waals surface area contributed by atoms with Crippen molar-refractivity contribution in [2.75, 3.05) is 30.9 Å². The zero-order chi connectivity index (χ0) is 18.0. The highest BCUT2D eigenvalue weighted by molar-refractivity contribution is 6.05. The SMILES string of the molecule is CCOc1cc2c(cc1NC(=O)c1ccc(N(C)C)cc1)O[C@H](C)C2. The summed E-state index contributed by atoms with van der Waals surface area (Å²) >= 11 is 0. The fraction of sp³-hybridized carbons (Fsp3) is 0.350. The zero-order valence-electron chi connectivity index (χ0n) is 15.1. The van der Waals surface area contributed by atoms with E-state index >= 15 is 0 Å². The Labute approximate surface area is 148 Å². The number of carbonyl (C=O) groups excluding carboxylic acids is 1. The summed E-state index contributed by atoms with van der Waals surface area (Å²) < 4.78 is 11.5. The summed E-state index contributed by atoms with van der Waals surface area (Å²) in [6.07, 6.45) is 1.00. The fourth-order valence-corrected chi connectivity index (χ4v) is 2.92. The molecule has 0 unspecified atom stereocenters. The molecule has 5 nitrogen and oxygen atoms in total. The first-order valence-electron chi connectivity index (χ1n) is 8.53. The number of hydrogen-bond acceptors (Lipinski definition) is 4. The summed E-state index contributed by atoms with van der Waals surface area (Å²) in [5, 5.41) is 2.95. The summed E-state index contributed by atoms with van der Waals surface area (Å²) in [7, 11) is 3.93. The molecule has 1 atom stereocenters. The van der Waals surface area contributed by atoms with Crippen molar-refractivity contribution < 1.29 is 14.3 Å². The average molecular weight is 340 g/mol. The lowest BCUT2D eigenvalue weighted by molar-refractivity contribution is 0.102. The largest absolute Gasteiger partial charge is 0.492 e. The minimum atomic E-state index is -0.169. The average Bonchev–Trinajstić information content (AvgIpc) is 2.94. The van der Waals surface area contributed by atoms with Crippen molar-refractivity contribution in [1.29, 1.82) is 0 Å². The van der Waals surface area contributed by atoms with E-state index in [-0.39, 0.29) is 12.0 Å². The van der Waals surface area contributed by atoms with Gasteiger partial charge in [-0.05, 0) is 44.2 Å². The van der Waals surface area contributed by atoms with Gasteiger partial charge in [0.2, 0.25) is 0 Å². The molecule has 0 saturated carbocycles. The second-order valence-electron chi connectivity index (χ2n) is 6.42. The van der Waals surface area contributed by atoms with Crippen LogP contribution in [0.5, 0.6) is 11.5 Å². The van der Waals surface area contributed by atoms with Gasteiger partial charge in [-0.15, -0.1) is 0 Å².